The molecule has 5 rings (SSSR count). The number of nitrogens with one attached hydrogen (secondary N) is 2. The van der Waals surface area contributed by atoms with Crippen molar-refractivity contribution < 1.29 is 0 Å². The molecule has 0 amide bonds. The lowest BCUT2D eigenvalue weighted by molar-refractivity contribution is 1.12. The fraction of sp³-hybridized carbons (Fsp3) is 0.0952. The molecule has 0 unspecified atom stereocenters. The van der Waals surface area contributed by atoms with Crippen LogP contribution in [0.4, 0.5) is 11.5 Å². The van der Waals surface area contributed by atoms with Crippen LogP contribution in [0.5, 0.6) is 0 Å². The maximum atomic E-state index is 4.84. The molecule has 0 aliphatic heterocycles. The summed E-state index contributed by atoms with van der Waals surface area (Å²) in [6.45, 7) is 2.15. The Balaban J connectivity index is 1.59. The smallest absolute Gasteiger partial charge is 0.180 e. The Kier molecular flexibility index (Phi) is 3.60. The van der Waals surface area contributed by atoms with Gasteiger partial charge in [-0.15, -0.1) is 0 Å². The normalized spacial score (nSPS) is 11.3. The molecule has 5 aromatic rings. The van der Waals surface area contributed by atoms with Gasteiger partial charge in [-0.3, -0.25) is 5.10 Å². The van der Waals surface area contributed by atoms with Crippen LogP contribution in [0.2, 0.25) is 0 Å². The van der Waals surface area contributed by atoms with E-state index in [1.807, 2.05) is 29.1 Å². The molecule has 0 spiro atoms. The van der Waals surface area contributed by atoms with Crippen molar-refractivity contribution >= 4 is 28.1 Å². The minimum Gasteiger partial charge on any atom is -0.337 e. The molecule has 27 heavy (non-hydrogen) atoms. The van der Waals surface area contributed by atoms with Crippen LogP contribution in [-0.2, 0) is 6.42 Å². The fourth-order valence-electron chi connectivity index (χ4n) is 3.21. The highest BCUT2D eigenvalue weighted by Crippen LogP contribution is 2.26. The van der Waals surface area contributed by atoms with Crippen molar-refractivity contribution in [3.8, 4) is 11.3 Å². The molecule has 0 atom stereocenters. The van der Waals surface area contributed by atoms with Gasteiger partial charge in [0.1, 0.15) is 0 Å². The maximum absolute atomic E-state index is 4.84. The molecule has 3 aromatic heterocycles. The van der Waals surface area contributed by atoms with Crippen molar-refractivity contribution in [1.29, 1.82) is 0 Å². The number of aromatic nitrogens is 5. The second kappa shape index (κ2) is 6.25. The topological polar surface area (TPSA) is 70.9 Å². The number of aromatic amines is 1. The second-order valence-electron chi connectivity index (χ2n) is 6.48. The van der Waals surface area contributed by atoms with Crippen LogP contribution < -0.4 is 5.32 Å². The third kappa shape index (κ3) is 2.81. The first kappa shape index (κ1) is 15.6. The third-order valence-corrected chi connectivity index (χ3v) is 4.74. The Labute approximate surface area is 155 Å². The molecule has 0 aliphatic rings. The van der Waals surface area contributed by atoms with E-state index in [4.69, 9.17) is 4.98 Å². The van der Waals surface area contributed by atoms with E-state index in [0.717, 1.165) is 45.7 Å². The van der Waals surface area contributed by atoms with E-state index in [9.17, 15) is 0 Å². The average Bonchev–Trinajstić information content (AvgIpc) is 3.37. The zero-order valence-corrected chi connectivity index (χ0v) is 14.8. The van der Waals surface area contributed by atoms with Crippen LogP contribution in [-0.4, -0.2) is 24.6 Å². The van der Waals surface area contributed by atoms with E-state index in [-0.39, 0.29) is 0 Å². The van der Waals surface area contributed by atoms with Gasteiger partial charge >= 0.3 is 0 Å². The van der Waals surface area contributed by atoms with E-state index in [1.54, 1.807) is 6.20 Å². The second-order valence-corrected chi connectivity index (χ2v) is 6.48. The molecule has 0 saturated heterocycles. The van der Waals surface area contributed by atoms with Gasteiger partial charge in [-0.1, -0.05) is 31.2 Å². The first-order chi connectivity index (χ1) is 13.3. The van der Waals surface area contributed by atoms with E-state index in [2.05, 4.69) is 63.8 Å². The molecule has 2 N–H and O–H groups in total. The largest absolute Gasteiger partial charge is 0.337 e. The van der Waals surface area contributed by atoms with Gasteiger partial charge in [-0.25, -0.2) is 9.97 Å². The predicted octanol–water partition coefficient (Wildman–Crippen LogP) is 4.58. The summed E-state index contributed by atoms with van der Waals surface area (Å²) in [6.07, 6.45) is 8.54. The van der Waals surface area contributed by atoms with Crippen molar-refractivity contribution in [1.82, 2.24) is 24.6 Å². The summed E-state index contributed by atoms with van der Waals surface area (Å²) in [5, 5.41) is 11.6. The molecule has 0 saturated carbocycles. The summed E-state index contributed by atoms with van der Waals surface area (Å²) in [7, 11) is 0. The Morgan fingerprint density at radius 3 is 2.85 bits per heavy atom. The van der Waals surface area contributed by atoms with Crippen LogP contribution in [0.15, 0.2) is 67.3 Å². The summed E-state index contributed by atoms with van der Waals surface area (Å²) in [5.41, 5.74) is 5.97. The molecule has 3 heterocycles. The maximum Gasteiger partial charge on any atom is 0.180 e. The average molecular weight is 354 g/mol. The summed E-state index contributed by atoms with van der Waals surface area (Å²) >= 11 is 0. The molecule has 2 aromatic carbocycles. The quantitative estimate of drug-likeness (QED) is 0.496. The summed E-state index contributed by atoms with van der Waals surface area (Å²) < 4.78 is 1.99. The molecule has 0 fully saturated rings. The summed E-state index contributed by atoms with van der Waals surface area (Å²) in [6, 6.07) is 14.6. The SMILES string of the molecule is CCc1ccc(Nc2nc(-c3ccc4cn[nH]c4c3)cn3ccnc23)cc1. The lowest BCUT2D eigenvalue weighted by atomic mass is 10.1. The molecular weight excluding hydrogens is 336 g/mol. The van der Waals surface area contributed by atoms with Crippen LogP contribution in [0, 0.1) is 0 Å². The highest BCUT2D eigenvalue weighted by molar-refractivity contribution is 5.83. The van der Waals surface area contributed by atoms with Crippen molar-refractivity contribution in [2.24, 2.45) is 0 Å². The minimum absolute atomic E-state index is 0.728. The van der Waals surface area contributed by atoms with Crippen molar-refractivity contribution in [2.75, 3.05) is 5.32 Å². The van der Waals surface area contributed by atoms with Gasteiger partial charge in [0, 0.05) is 35.2 Å². The number of H-pyrrole nitrogens is 1. The highest BCUT2D eigenvalue weighted by Gasteiger charge is 2.10. The number of fused-ring (bicyclic) bond motifs is 2. The number of imidazole rings is 1. The van der Waals surface area contributed by atoms with Crippen LogP contribution in [0.1, 0.15) is 12.5 Å². The lowest BCUT2D eigenvalue weighted by Crippen LogP contribution is -2.00. The minimum atomic E-state index is 0.728. The Morgan fingerprint density at radius 2 is 2.00 bits per heavy atom. The van der Waals surface area contributed by atoms with Crippen LogP contribution >= 0.6 is 0 Å². The van der Waals surface area contributed by atoms with Gasteiger partial charge < -0.3 is 9.72 Å². The standard InChI is InChI=1S/C21H18N6/c1-2-14-3-7-17(8-4-14)24-20-21-22-9-10-27(21)13-19(25-20)15-5-6-16-12-23-26-18(16)11-15/h3-13H,2H2,1H3,(H,23,26)(H,24,25). The Morgan fingerprint density at radius 1 is 1.11 bits per heavy atom. The van der Waals surface area contributed by atoms with Crippen LogP contribution in [0.25, 0.3) is 27.8 Å². The van der Waals surface area contributed by atoms with E-state index >= 15 is 0 Å². The first-order valence-electron chi connectivity index (χ1n) is 8.93. The Bertz CT molecular complexity index is 1230. The van der Waals surface area contributed by atoms with Crippen molar-refractivity contribution in [3.05, 3.63) is 72.8 Å². The number of anilines is 2. The lowest BCUT2D eigenvalue weighted by Gasteiger charge is -2.10. The zero-order chi connectivity index (χ0) is 18.2. The molecule has 6 heteroatoms. The summed E-state index contributed by atoms with van der Waals surface area (Å²) in [5.74, 6) is 0.728. The summed E-state index contributed by atoms with van der Waals surface area (Å²) in [4.78, 5) is 9.29. The number of hydrogen-bond donors (Lipinski definition) is 2. The van der Waals surface area contributed by atoms with Gasteiger partial charge in [-0.05, 0) is 30.2 Å². The number of nitrogens with zero attached hydrogens (tertiary/aromatic N) is 4. The van der Waals surface area contributed by atoms with Crippen LogP contribution in [0.3, 0.4) is 0 Å². The fourth-order valence-corrected chi connectivity index (χ4v) is 3.21. The number of aryl methyl sites for hydroxylation is 1. The molecule has 6 nitrogen and oxygen atoms in total. The van der Waals surface area contributed by atoms with E-state index in [0.29, 0.717) is 0 Å². The van der Waals surface area contributed by atoms with Gasteiger partial charge in [0.2, 0.25) is 0 Å². The van der Waals surface area contributed by atoms with Gasteiger partial charge in [0.25, 0.3) is 0 Å². The third-order valence-electron chi connectivity index (χ3n) is 4.74. The molecule has 0 aliphatic carbocycles. The molecule has 0 radical (unpaired) electrons. The number of rotatable bonds is 4. The highest BCUT2D eigenvalue weighted by atomic mass is 15.1. The van der Waals surface area contributed by atoms with E-state index in [1.165, 1.54) is 5.56 Å². The first-order valence-corrected chi connectivity index (χ1v) is 8.93. The van der Waals surface area contributed by atoms with E-state index < -0.39 is 0 Å². The molecule has 132 valence electrons. The number of hydrogen-bond acceptors (Lipinski definition) is 4. The van der Waals surface area contributed by atoms with Crippen molar-refractivity contribution in [3.63, 3.8) is 0 Å². The van der Waals surface area contributed by atoms with Gasteiger partial charge in [0.05, 0.1) is 17.4 Å². The molecular formula is C21H18N6. The van der Waals surface area contributed by atoms with Crippen molar-refractivity contribution in [2.45, 2.75) is 13.3 Å². The Hall–Kier alpha value is -3.67. The molecule has 0 bridgehead atoms. The predicted molar refractivity (Wildman–Crippen MR) is 107 cm³/mol. The monoisotopic (exact) mass is 354 g/mol. The van der Waals surface area contributed by atoms with Gasteiger partial charge in [-0.2, -0.15) is 5.10 Å². The number of benzene rings is 2. The van der Waals surface area contributed by atoms with Gasteiger partial charge in [0.15, 0.2) is 11.5 Å². The zero-order valence-electron chi connectivity index (χ0n) is 14.8.